The van der Waals surface area contributed by atoms with E-state index in [9.17, 15) is 14.7 Å². The van der Waals surface area contributed by atoms with Gasteiger partial charge >= 0.3 is 0 Å². The van der Waals surface area contributed by atoms with Gasteiger partial charge in [-0.25, -0.2) is 4.98 Å². The van der Waals surface area contributed by atoms with E-state index in [1.54, 1.807) is 18.2 Å². The van der Waals surface area contributed by atoms with Crippen molar-refractivity contribution in [2.45, 2.75) is 49.8 Å². The SMILES string of the molecule is O=C(Nc1nc2ccccc2[nH]1)[C@@H]1c2ccccc2C(=O)N(C2CCC(O)CC2)[C@H]1c1ccc(Cl)cc1. The normalized spacial score (nSPS) is 23.6. The molecule has 1 aromatic heterocycles. The smallest absolute Gasteiger partial charge is 0.254 e. The maximum atomic E-state index is 14.1. The lowest BCUT2D eigenvalue weighted by molar-refractivity contribution is -0.119. The van der Waals surface area contributed by atoms with Gasteiger partial charge in [-0.05, 0) is 67.1 Å². The molecule has 7 nitrogen and oxygen atoms in total. The highest BCUT2D eigenvalue weighted by molar-refractivity contribution is 6.30. The van der Waals surface area contributed by atoms with E-state index >= 15 is 0 Å². The first kappa shape index (κ1) is 23.7. The third kappa shape index (κ3) is 4.38. The second-order valence-electron chi connectivity index (χ2n) is 9.83. The first-order valence-electron chi connectivity index (χ1n) is 12.6. The van der Waals surface area contributed by atoms with Crippen molar-refractivity contribution in [2.75, 3.05) is 5.32 Å². The number of hydrogen-bond donors (Lipinski definition) is 3. The summed E-state index contributed by atoms with van der Waals surface area (Å²) in [5, 5.41) is 13.7. The minimum absolute atomic E-state index is 0.0913. The van der Waals surface area contributed by atoms with Gasteiger partial charge in [0.05, 0.1) is 29.1 Å². The number of nitrogens with zero attached hydrogens (tertiary/aromatic N) is 2. The lowest BCUT2D eigenvalue weighted by atomic mass is 9.77. The number of halogens is 1. The summed E-state index contributed by atoms with van der Waals surface area (Å²) < 4.78 is 0. The van der Waals surface area contributed by atoms with Gasteiger partial charge in [-0.2, -0.15) is 0 Å². The van der Waals surface area contributed by atoms with Crippen LogP contribution in [-0.4, -0.2) is 43.9 Å². The van der Waals surface area contributed by atoms with Crippen LogP contribution in [0.2, 0.25) is 5.02 Å². The molecule has 188 valence electrons. The molecule has 1 saturated carbocycles. The van der Waals surface area contributed by atoms with Crippen LogP contribution < -0.4 is 5.32 Å². The third-order valence-corrected chi connectivity index (χ3v) is 7.81. The average molecular weight is 515 g/mol. The Kier molecular flexibility index (Phi) is 6.18. The number of amides is 2. The molecule has 6 rings (SSSR count). The molecule has 37 heavy (non-hydrogen) atoms. The molecular formula is C29H27ClN4O3. The number of carbonyl (C=O) groups is 2. The molecule has 2 amide bonds. The van der Waals surface area contributed by atoms with Gasteiger partial charge in [0.25, 0.3) is 5.91 Å². The van der Waals surface area contributed by atoms with Crippen molar-refractivity contribution in [3.8, 4) is 0 Å². The first-order chi connectivity index (χ1) is 18.0. The Morgan fingerprint density at radius 2 is 1.68 bits per heavy atom. The average Bonchev–Trinajstić information content (AvgIpc) is 3.32. The maximum Gasteiger partial charge on any atom is 0.254 e. The number of aliphatic hydroxyl groups excluding tert-OH is 1. The maximum absolute atomic E-state index is 14.1. The van der Waals surface area contributed by atoms with Crippen LogP contribution in [0.1, 0.15) is 59.1 Å². The number of para-hydroxylation sites is 2. The molecule has 2 aliphatic rings. The van der Waals surface area contributed by atoms with E-state index < -0.39 is 12.0 Å². The number of hydrogen-bond acceptors (Lipinski definition) is 4. The molecule has 3 aromatic carbocycles. The highest BCUT2D eigenvalue weighted by Crippen LogP contribution is 2.46. The first-order valence-corrected chi connectivity index (χ1v) is 13.0. The molecule has 1 aliphatic heterocycles. The van der Waals surface area contributed by atoms with Crippen molar-refractivity contribution in [3.63, 3.8) is 0 Å². The Labute approximate surface area is 219 Å². The third-order valence-electron chi connectivity index (χ3n) is 7.56. The summed E-state index contributed by atoms with van der Waals surface area (Å²) in [5.74, 6) is -0.651. The Bertz CT molecular complexity index is 1430. The molecule has 0 bridgehead atoms. The fourth-order valence-electron chi connectivity index (χ4n) is 5.79. The van der Waals surface area contributed by atoms with Gasteiger partial charge in [0, 0.05) is 16.6 Å². The van der Waals surface area contributed by atoms with Gasteiger partial charge in [0.15, 0.2) is 0 Å². The molecule has 4 aromatic rings. The van der Waals surface area contributed by atoms with Gasteiger partial charge in [-0.3, -0.25) is 14.9 Å². The molecule has 1 aliphatic carbocycles. The van der Waals surface area contributed by atoms with Crippen LogP contribution in [0.25, 0.3) is 11.0 Å². The van der Waals surface area contributed by atoms with Crippen LogP contribution in [0.3, 0.4) is 0 Å². The Morgan fingerprint density at radius 1 is 0.973 bits per heavy atom. The molecule has 0 spiro atoms. The van der Waals surface area contributed by atoms with E-state index in [2.05, 4.69) is 15.3 Å². The zero-order valence-corrected chi connectivity index (χ0v) is 20.9. The summed E-state index contributed by atoms with van der Waals surface area (Å²) in [5.41, 5.74) is 3.64. The van der Waals surface area contributed by atoms with Gasteiger partial charge in [-0.15, -0.1) is 0 Å². The Balaban J connectivity index is 1.46. The number of H-pyrrole nitrogens is 1. The molecule has 8 heteroatoms. The number of rotatable bonds is 4. The fourth-order valence-corrected chi connectivity index (χ4v) is 5.92. The van der Waals surface area contributed by atoms with Gasteiger partial charge in [0.1, 0.15) is 0 Å². The zero-order chi connectivity index (χ0) is 25.5. The quantitative estimate of drug-likeness (QED) is 0.338. The van der Waals surface area contributed by atoms with Crippen molar-refractivity contribution in [3.05, 3.63) is 94.5 Å². The number of anilines is 1. The number of imidazole rings is 1. The summed E-state index contributed by atoms with van der Waals surface area (Å²) >= 11 is 6.21. The molecule has 0 radical (unpaired) electrons. The number of nitrogens with one attached hydrogen (secondary N) is 2. The molecule has 2 heterocycles. The van der Waals surface area contributed by atoms with Crippen LogP contribution in [0, 0.1) is 0 Å². The molecule has 3 N–H and O–H groups in total. The van der Waals surface area contributed by atoms with Crippen molar-refractivity contribution in [1.82, 2.24) is 14.9 Å². The fraction of sp³-hybridized carbons (Fsp3) is 0.276. The Hall–Kier alpha value is -3.68. The molecule has 0 unspecified atom stereocenters. The number of carbonyl (C=O) groups excluding carboxylic acids is 2. The summed E-state index contributed by atoms with van der Waals surface area (Å²) in [6, 6.07) is 21.7. The monoisotopic (exact) mass is 514 g/mol. The predicted molar refractivity (Wildman–Crippen MR) is 143 cm³/mol. The van der Waals surface area contributed by atoms with Crippen LogP contribution in [0.4, 0.5) is 5.95 Å². The lowest BCUT2D eigenvalue weighted by Crippen LogP contribution is -2.51. The lowest BCUT2D eigenvalue weighted by Gasteiger charge is -2.47. The number of aromatic amines is 1. The van der Waals surface area contributed by atoms with Crippen molar-refractivity contribution < 1.29 is 14.7 Å². The van der Waals surface area contributed by atoms with E-state index in [4.69, 9.17) is 11.6 Å². The highest BCUT2D eigenvalue weighted by Gasteiger charge is 2.47. The molecule has 1 fully saturated rings. The molecule has 0 saturated heterocycles. The van der Waals surface area contributed by atoms with Crippen molar-refractivity contribution in [2.24, 2.45) is 0 Å². The van der Waals surface area contributed by atoms with E-state index in [0.29, 0.717) is 47.8 Å². The topological polar surface area (TPSA) is 98.3 Å². The Morgan fingerprint density at radius 3 is 2.43 bits per heavy atom. The second kappa shape index (κ2) is 9.65. The number of benzene rings is 3. The van der Waals surface area contributed by atoms with Crippen molar-refractivity contribution in [1.29, 1.82) is 0 Å². The van der Waals surface area contributed by atoms with E-state index in [-0.39, 0.29) is 24.0 Å². The summed E-state index contributed by atoms with van der Waals surface area (Å²) in [6.45, 7) is 0. The van der Waals surface area contributed by atoms with Crippen LogP contribution in [0.15, 0.2) is 72.8 Å². The minimum Gasteiger partial charge on any atom is -0.393 e. The number of aromatic nitrogens is 2. The van der Waals surface area contributed by atoms with Crippen LogP contribution >= 0.6 is 11.6 Å². The molecule has 2 atom stereocenters. The standard InChI is InChI=1S/C29H27ClN4O3/c30-18-11-9-17(10-12-18)26-25(27(36)33-29-31-23-7-3-4-8-24(23)32-29)21-5-1-2-6-22(21)28(37)34(26)19-13-15-20(35)16-14-19/h1-12,19-20,25-26,35H,13-16H2,(H2,31,32,33,36)/t19?,20?,25-,26+/m1/s1. The summed E-state index contributed by atoms with van der Waals surface area (Å²) in [4.78, 5) is 37.6. The summed E-state index contributed by atoms with van der Waals surface area (Å²) in [6.07, 6.45) is 2.25. The van der Waals surface area contributed by atoms with Crippen molar-refractivity contribution >= 4 is 40.4 Å². The van der Waals surface area contributed by atoms with Gasteiger partial charge in [-0.1, -0.05) is 54.1 Å². The van der Waals surface area contributed by atoms with E-state index in [1.165, 1.54) is 0 Å². The number of fused-ring (bicyclic) bond motifs is 2. The molecular weight excluding hydrogens is 488 g/mol. The summed E-state index contributed by atoms with van der Waals surface area (Å²) in [7, 11) is 0. The number of aliphatic hydroxyl groups is 1. The van der Waals surface area contributed by atoms with Crippen LogP contribution in [-0.2, 0) is 4.79 Å². The van der Waals surface area contributed by atoms with Gasteiger partial charge < -0.3 is 15.0 Å². The zero-order valence-electron chi connectivity index (χ0n) is 20.1. The predicted octanol–water partition coefficient (Wildman–Crippen LogP) is 5.44. The van der Waals surface area contributed by atoms with E-state index in [0.717, 1.165) is 16.6 Å². The minimum atomic E-state index is -0.671. The largest absolute Gasteiger partial charge is 0.393 e. The van der Waals surface area contributed by atoms with E-state index in [1.807, 2.05) is 59.5 Å². The highest BCUT2D eigenvalue weighted by atomic mass is 35.5. The van der Waals surface area contributed by atoms with Crippen LogP contribution in [0.5, 0.6) is 0 Å². The van der Waals surface area contributed by atoms with Gasteiger partial charge in [0.2, 0.25) is 11.9 Å². The second-order valence-corrected chi connectivity index (χ2v) is 10.3.